The molecule has 3 N–H and O–H groups in total. The number of benzene rings is 2. The van der Waals surface area contributed by atoms with Crippen molar-refractivity contribution < 1.29 is 9.59 Å². The second-order valence-electron chi connectivity index (χ2n) is 8.74. The van der Waals surface area contributed by atoms with Crippen LogP contribution in [-0.4, -0.2) is 35.6 Å². The quantitative estimate of drug-likeness (QED) is 0.669. The van der Waals surface area contributed by atoms with E-state index in [0.29, 0.717) is 35.0 Å². The van der Waals surface area contributed by atoms with Gasteiger partial charge in [-0.25, -0.2) is 4.99 Å². The summed E-state index contributed by atoms with van der Waals surface area (Å²) < 4.78 is 0. The molecule has 0 unspecified atom stereocenters. The molecule has 166 valence electrons. The Labute approximate surface area is 189 Å². The lowest BCUT2D eigenvalue weighted by Crippen LogP contribution is -2.35. The van der Waals surface area contributed by atoms with E-state index in [4.69, 9.17) is 5.73 Å². The number of carbonyl (C=O) groups is 2. The van der Waals surface area contributed by atoms with Crippen molar-refractivity contribution in [3.63, 3.8) is 0 Å². The van der Waals surface area contributed by atoms with Gasteiger partial charge in [-0.2, -0.15) is 0 Å². The number of aryl methyl sites for hydroxylation is 1. The molecule has 1 aliphatic carbocycles. The number of hydrogen-bond acceptors (Lipinski definition) is 4. The van der Waals surface area contributed by atoms with Crippen molar-refractivity contribution in [2.45, 2.75) is 39.5 Å². The lowest BCUT2D eigenvalue weighted by molar-refractivity contribution is -0.127. The first kappa shape index (κ1) is 21.8. The highest BCUT2D eigenvalue weighted by Crippen LogP contribution is 2.32. The van der Waals surface area contributed by atoms with Crippen LogP contribution in [0.4, 0.5) is 11.4 Å². The van der Waals surface area contributed by atoms with Crippen molar-refractivity contribution in [2.24, 2.45) is 16.6 Å². The zero-order valence-corrected chi connectivity index (χ0v) is 18.7. The van der Waals surface area contributed by atoms with Crippen molar-refractivity contribution in [3.05, 3.63) is 64.7 Å². The zero-order chi connectivity index (χ0) is 22.7. The molecule has 2 aromatic carbocycles. The number of nitrogens with two attached hydrogens (primary N) is 1. The summed E-state index contributed by atoms with van der Waals surface area (Å²) in [6.45, 7) is 5.62. The van der Waals surface area contributed by atoms with Gasteiger partial charge >= 0.3 is 0 Å². The first-order chi connectivity index (χ1) is 15.4. The van der Waals surface area contributed by atoms with E-state index in [1.165, 1.54) is 12.8 Å². The lowest BCUT2D eigenvalue weighted by atomic mass is 10.0. The molecule has 0 bridgehead atoms. The summed E-state index contributed by atoms with van der Waals surface area (Å²) in [5.74, 6) is 0.827. The van der Waals surface area contributed by atoms with E-state index < -0.39 is 0 Å². The van der Waals surface area contributed by atoms with Gasteiger partial charge in [-0.05, 0) is 68.0 Å². The predicted molar refractivity (Wildman–Crippen MR) is 129 cm³/mol. The van der Waals surface area contributed by atoms with Crippen LogP contribution in [-0.2, 0) is 4.79 Å². The maximum atomic E-state index is 13.2. The molecule has 1 fully saturated rings. The minimum atomic E-state index is -0.213. The molecule has 6 heteroatoms. The second kappa shape index (κ2) is 9.39. The van der Waals surface area contributed by atoms with Gasteiger partial charge in [-0.1, -0.05) is 25.1 Å². The molecule has 0 spiro atoms. The number of nitrogens with zero attached hydrogens (tertiary/aromatic N) is 2. The minimum Gasteiger partial charge on any atom is -0.387 e. The Morgan fingerprint density at radius 3 is 2.72 bits per heavy atom. The highest BCUT2D eigenvalue weighted by Gasteiger charge is 2.28. The van der Waals surface area contributed by atoms with Gasteiger partial charge in [0.2, 0.25) is 5.91 Å². The van der Waals surface area contributed by atoms with E-state index in [1.54, 1.807) is 12.1 Å². The number of amidine groups is 1. The highest BCUT2D eigenvalue weighted by atomic mass is 16.2. The molecule has 1 saturated carbocycles. The molecule has 1 heterocycles. The smallest absolute Gasteiger partial charge is 0.255 e. The molecule has 4 rings (SSSR count). The van der Waals surface area contributed by atoms with Crippen molar-refractivity contribution in [1.29, 1.82) is 0 Å². The van der Waals surface area contributed by atoms with Gasteiger partial charge in [0.05, 0.1) is 5.69 Å². The monoisotopic (exact) mass is 430 g/mol. The average Bonchev–Trinajstić information content (AvgIpc) is 3.58. The van der Waals surface area contributed by atoms with Crippen molar-refractivity contribution in [2.75, 3.05) is 18.4 Å². The van der Waals surface area contributed by atoms with E-state index in [0.717, 1.165) is 36.3 Å². The van der Waals surface area contributed by atoms with Crippen LogP contribution in [0, 0.1) is 12.8 Å². The van der Waals surface area contributed by atoms with E-state index in [-0.39, 0.29) is 11.8 Å². The normalized spacial score (nSPS) is 15.2. The SMILES string of the molecule is CCCN(CC1CC1)C(=O)C1=Cc2ccc(C(=O)Nc3cccc(C)c3)cc2N=C(N)C1. The van der Waals surface area contributed by atoms with E-state index in [9.17, 15) is 9.59 Å². The number of fused-ring (bicyclic) bond motifs is 1. The van der Waals surface area contributed by atoms with Crippen LogP contribution < -0.4 is 11.1 Å². The zero-order valence-electron chi connectivity index (χ0n) is 18.7. The third kappa shape index (κ3) is 5.25. The summed E-state index contributed by atoms with van der Waals surface area (Å²) in [7, 11) is 0. The molecular formula is C26H30N4O2. The van der Waals surface area contributed by atoms with Crippen molar-refractivity contribution >= 4 is 35.1 Å². The molecule has 6 nitrogen and oxygen atoms in total. The summed E-state index contributed by atoms with van der Waals surface area (Å²) in [4.78, 5) is 32.5. The predicted octanol–water partition coefficient (Wildman–Crippen LogP) is 4.67. The standard InChI is InChI=1S/C26H30N4O2/c1-3-11-30(16-18-7-8-18)26(32)21-13-19-9-10-20(14-23(19)29-24(27)15-21)25(31)28-22-6-4-5-17(2)12-22/h4-6,9-10,12-14,18H,3,7-8,11,15-16H2,1-2H3,(H2,27,29)(H,28,31). The fraction of sp³-hybridized carbons (Fsp3) is 0.346. The summed E-state index contributed by atoms with van der Waals surface area (Å²) in [5, 5.41) is 2.92. The lowest BCUT2D eigenvalue weighted by Gasteiger charge is -2.23. The number of amides is 2. The number of aliphatic imine (C=N–C) groups is 1. The van der Waals surface area contributed by atoms with Gasteiger partial charge < -0.3 is 16.0 Å². The van der Waals surface area contributed by atoms with Gasteiger partial charge in [0.25, 0.3) is 5.91 Å². The molecule has 2 amide bonds. The molecule has 0 aromatic heterocycles. The first-order valence-electron chi connectivity index (χ1n) is 11.3. The third-order valence-electron chi connectivity index (χ3n) is 5.76. The van der Waals surface area contributed by atoms with Crippen LogP contribution in [0.5, 0.6) is 0 Å². The summed E-state index contributed by atoms with van der Waals surface area (Å²) in [5.41, 5.74) is 10.5. The van der Waals surface area contributed by atoms with Crippen molar-refractivity contribution in [1.82, 2.24) is 4.90 Å². The number of anilines is 1. The van der Waals surface area contributed by atoms with Crippen LogP contribution in [0.2, 0.25) is 0 Å². The Hall–Kier alpha value is -3.41. The Balaban J connectivity index is 1.57. The largest absolute Gasteiger partial charge is 0.387 e. The molecule has 32 heavy (non-hydrogen) atoms. The Bertz CT molecular complexity index is 1100. The number of hydrogen-bond donors (Lipinski definition) is 2. The highest BCUT2D eigenvalue weighted by molar-refractivity contribution is 6.07. The van der Waals surface area contributed by atoms with Gasteiger partial charge in [0, 0.05) is 41.9 Å². The van der Waals surface area contributed by atoms with Crippen LogP contribution >= 0.6 is 0 Å². The van der Waals surface area contributed by atoms with E-state index in [1.807, 2.05) is 48.2 Å². The maximum absolute atomic E-state index is 13.2. The fourth-order valence-electron chi connectivity index (χ4n) is 3.96. The molecule has 0 atom stereocenters. The number of nitrogens with one attached hydrogen (secondary N) is 1. The van der Waals surface area contributed by atoms with Gasteiger partial charge in [0.1, 0.15) is 5.84 Å². The molecular weight excluding hydrogens is 400 g/mol. The van der Waals surface area contributed by atoms with E-state index in [2.05, 4.69) is 17.2 Å². The first-order valence-corrected chi connectivity index (χ1v) is 11.3. The van der Waals surface area contributed by atoms with Gasteiger partial charge in [0.15, 0.2) is 0 Å². The van der Waals surface area contributed by atoms with Gasteiger partial charge in [-0.15, -0.1) is 0 Å². The van der Waals surface area contributed by atoms with Crippen molar-refractivity contribution in [3.8, 4) is 0 Å². The Morgan fingerprint density at radius 2 is 2.00 bits per heavy atom. The number of carbonyl (C=O) groups excluding carboxylic acids is 2. The molecule has 0 saturated heterocycles. The summed E-state index contributed by atoms with van der Waals surface area (Å²) in [6, 6.07) is 13.0. The maximum Gasteiger partial charge on any atom is 0.255 e. The Kier molecular flexibility index (Phi) is 6.40. The van der Waals surface area contributed by atoms with Crippen LogP contribution in [0.25, 0.3) is 6.08 Å². The average molecular weight is 431 g/mol. The van der Waals surface area contributed by atoms with Crippen LogP contribution in [0.15, 0.2) is 53.0 Å². The van der Waals surface area contributed by atoms with E-state index >= 15 is 0 Å². The summed E-state index contributed by atoms with van der Waals surface area (Å²) >= 11 is 0. The summed E-state index contributed by atoms with van der Waals surface area (Å²) in [6.07, 6.45) is 5.51. The van der Waals surface area contributed by atoms with Gasteiger partial charge in [-0.3, -0.25) is 9.59 Å². The van der Waals surface area contributed by atoms with Crippen LogP contribution in [0.3, 0.4) is 0 Å². The topological polar surface area (TPSA) is 87.8 Å². The third-order valence-corrected chi connectivity index (χ3v) is 5.76. The molecule has 2 aromatic rings. The van der Waals surface area contributed by atoms with Crippen LogP contribution in [0.1, 0.15) is 54.1 Å². The molecule has 1 aliphatic heterocycles. The fourth-order valence-corrected chi connectivity index (χ4v) is 3.96. The number of rotatable bonds is 7. The molecule has 2 aliphatic rings. The molecule has 0 radical (unpaired) electrons. The second-order valence-corrected chi connectivity index (χ2v) is 8.74. The Morgan fingerprint density at radius 1 is 1.19 bits per heavy atom. The minimum absolute atomic E-state index is 0.0333.